The minimum Gasteiger partial charge on any atom is -0.508 e. The third-order valence-corrected chi connectivity index (χ3v) is 2.16. The number of hydrogen-bond acceptors (Lipinski definition) is 5. The summed E-state index contributed by atoms with van der Waals surface area (Å²) in [5, 5.41) is 16.3. The summed E-state index contributed by atoms with van der Waals surface area (Å²) in [6, 6.07) is 6.79. The number of rotatable bonds is 3. The number of phenols is 1. The van der Waals surface area contributed by atoms with Crippen molar-refractivity contribution in [2.45, 2.75) is 6.54 Å². The van der Waals surface area contributed by atoms with Crippen LogP contribution in [0.25, 0.3) is 0 Å². The zero-order chi connectivity index (χ0) is 11.5. The molecule has 2 aromatic rings. The first-order valence-corrected chi connectivity index (χ1v) is 4.83. The molecule has 4 N–H and O–H groups in total. The molecule has 0 amide bonds. The summed E-state index contributed by atoms with van der Waals surface area (Å²) in [6.45, 7) is 0.496. The molecule has 84 valence electrons. The molecule has 16 heavy (non-hydrogen) atoms. The number of anilines is 2. The van der Waals surface area contributed by atoms with Gasteiger partial charge < -0.3 is 16.2 Å². The summed E-state index contributed by atoms with van der Waals surface area (Å²) in [4.78, 5) is 4.06. The van der Waals surface area contributed by atoms with E-state index in [9.17, 15) is 0 Å². The monoisotopic (exact) mass is 219 g/mol. The Morgan fingerprint density at radius 2 is 2.06 bits per heavy atom. The second-order valence-corrected chi connectivity index (χ2v) is 3.41. The molecule has 1 heterocycles. The third kappa shape index (κ3) is 2.22. The molecule has 1 aromatic carbocycles. The molecule has 0 spiro atoms. The van der Waals surface area contributed by atoms with Crippen molar-refractivity contribution < 1.29 is 5.11 Å². The van der Waals surface area contributed by atoms with E-state index in [1.54, 1.807) is 31.3 Å². The van der Waals surface area contributed by atoms with Crippen molar-refractivity contribution >= 4 is 11.6 Å². The molecule has 0 radical (unpaired) electrons. The zero-order valence-electron chi connectivity index (χ0n) is 8.88. The van der Waals surface area contributed by atoms with Crippen molar-refractivity contribution in [1.29, 1.82) is 0 Å². The van der Waals surface area contributed by atoms with E-state index in [1.807, 2.05) is 0 Å². The average molecular weight is 219 g/mol. The normalized spacial score (nSPS) is 10.3. The number of hydrogen-bond donors (Lipinski definition) is 3. The van der Waals surface area contributed by atoms with Gasteiger partial charge in [0, 0.05) is 12.7 Å². The Balaban J connectivity index is 1.99. The van der Waals surface area contributed by atoms with Gasteiger partial charge in [0.1, 0.15) is 5.75 Å². The highest BCUT2D eigenvalue weighted by atomic mass is 16.3. The van der Waals surface area contributed by atoms with E-state index in [0.717, 1.165) is 5.69 Å². The largest absolute Gasteiger partial charge is 0.508 e. The van der Waals surface area contributed by atoms with Gasteiger partial charge in [-0.05, 0) is 24.3 Å². The minimum absolute atomic E-state index is 0.241. The highest BCUT2D eigenvalue weighted by Crippen LogP contribution is 2.14. The van der Waals surface area contributed by atoms with Crippen molar-refractivity contribution in [3.8, 4) is 5.75 Å². The van der Waals surface area contributed by atoms with Crippen LogP contribution in [0.3, 0.4) is 0 Å². The Morgan fingerprint density at radius 1 is 1.38 bits per heavy atom. The molecule has 6 heteroatoms. The number of nitrogen functional groups attached to an aromatic ring is 1. The number of aromatic nitrogens is 3. The van der Waals surface area contributed by atoms with Crippen molar-refractivity contribution in [2.24, 2.45) is 7.05 Å². The van der Waals surface area contributed by atoms with Crippen LogP contribution in [0.15, 0.2) is 24.3 Å². The maximum absolute atomic E-state index is 9.11. The zero-order valence-corrected chi connectivity index (χ0v) is 8.88. The number of nitrogens with one attached hydrogen (secondary N) is 1. The summed E-state index contributed by atoms with van der Waals surface area (Å²) >= 11 is 0. The number of aromatic hydroxyl groups is 1. The van der Waals surface area contributed by atoms with Crippen molar-refractivity contribution in [3.05, 3.63) is 30.1 Å². The smallest absolute Gasteiger partial charge is 0.218 e. The molecule has 0 saturated heterocycles. The molecule has 0 aliphatic heterocycles. The van der Waals surface area contributed by atoms with Gasteiger partial charge in [-0.3, -0.25) is 0 Å². The molecule has 1 aromatic heterocycles. The fraction of sp³-hybridized carbons (Fsp3) is 0.200. The molecule has 0 aliphatic rings. The lowest BCUT2D eigenvalue weighted by Crippen LogP contribution is -2.01. The molecular formula is C10H13N5O. The number of nitrogens with two attached hydrogens (primary N) is 1. The second kappa shape index (κ2) is 4.09. The van der Waals surface area contributed by atoms with E-state index in [4.69, 9.17) is 10.8 Å². The minimum atomic E-state index is 0.241. The van der Waals surface area contributed by atoms with Crippen LogP contribution in [-0.4, -0.2) is 19.9 Å². The Labute approximate surface area is 92.7 Å². The summed E-state index contributed by atoms with van der Waals surface area (Å²) in [6.07, 6.45) is 0. The third-order valence-electron chi connectivity index (χ3n) is 2.16. The molecular weight excluding hydrogens is 206 g/mol. The summed E-state index contributed by atoms with van der Waals surface area (Å²) in [5.41, 5.74) is 6.45. The first-order chi connectivity index (χ1) is 7.65. The number of phenolic OH excluding ortho intramolecular Hbond substituents is 1. The lowest BCUT2D eigenvalue weighted by Gasteiger charge is -2.02. The highest BCUT2D eigenvalue weighted by Gasteiger charge is 2.02. The Kier molecular flexibility index (Phi) is 2.63. The molecule has 6 nitrogen and oxygen atoms in total. The van der Waals surface area contributed by atoms with Gasteiger partial charge in [0.25, 0.3) is 0 Å². The highest BCUT2D eigenvalue weighted by molar-refractivity contribution is 5.45. The summed E-state index contributed by atoms with van der Waals surface area (Å²) < 4.78 is 1.52. The predicted octanol–water partition coefficient (Wildman–Crippen LogP) is 0.715. The van der Waals surface area contributed by atoms with Crippen molar-refractivity contribution in [2.75, 3.05) is 11.1 Å². The Bertz CT molecular complexity index is 457. The fourth-order valence-corrected chi connectivity index (χ4v) is 1.29. The first kappa shape index (κ1) is 10.3. The topological polar surface area (TPSA) is 89.0 Å². The van der Waals surface area contributed by atoms with Crippen LogP contribution < -0.4 is 11.1 Å². The maximum Gasteiger partial charge on any atom is 0.218 e. The van der Waals surface area contributed by atoms with E-state index in [1.165, 1.54) is 4.68 Å². The molecule has 0 aliphatic carbocycles. The van der Waals surface area contributed by atoms with E-state index in [0.29, 0.717) is 18.3 Å². The van der Waals surface area contributed by atoms with Gasteiger partial charge >= 0.3 is 0 Å². The molecule has 0 saturated carbocycles. The predicted molar refractivity (Wildman–Crippen MR) is 60.8 cm³/mol. The van der Waals surface area contributed by atoms with Gasteiger partial charge in [-0.25, -0.2) is 4.68 Å². The van der Waals surface area contributed by atoms with Crippen LogP contribution >= 0.6 is 0 Å². The van der Waals surface area contributed by atoms with E-state index >= 15 is 0 Å². The molecule has 0 unspecified atom stereocenters. The Hall–Kier alpha value is -2.24. The van der Waals surface area contributed by atoms with Crippen LogP contribution in [0.5, 0.6) is 5.75 Å². The Morgan fingerprint density at radius 3 is 2.62 bits per heavy atom. The quantitative estimate of drug-likeness (QED) is 0.662. The van der Waals surface area contributed by atoms with Gasteiger partial charge in [-0.2, -0.15) is 10.1 Å². The van der Waals surface area contributed by atoms with Crippen LogP contribution in [-0.2, 0) is 13.6 Å². The molecule has 2 rings (SSSR count). The van der Waals surface area contributed by atoms with Gasteiger partial charge in [0.15, 0.2) is 5.82 Å². The summed E-state index contributed by atoms with van der Waals surface area (Å²) in [5.74, 6) is 1.27. The molecule has 0 atom stereocenters. The van der Waals surface area contributed by atoms with Crippen LogP contribution in [0, 0.1) is 0 Å². The van der Waals surface area contributed by atoms with Gasteiger partial charge in [-0.1, -0.05) is 0 Å². The fourth-order valence-electron chi connectivity index (χ4n) is 1.29. The lowest BCUT2D eigenvalue weighted by atomic mass is 10.3. The van der Waals surface area contributed by atoms with Gasteiger partial charge in [0.2, 0.25) is 5.95 Å². The van der Waals surface area contributed by atoms with Crippen LogP contribution in [0.2, 0.25) is 0 Å². The van der Waals surface area contributed by atoms with Crippen molar-refractivity contribution in [3.63, 3.8) is 0 Å². The second-order valence-electron chi connectivity index (χ2n) is 3.41. The number of benzene rings is 1. The SMILES string of the molecule is Cn1nc(CNc2ccc(O)cc2)nc1N. The number of aryl methyl sites for hydroxylation is 1. The molecule has 0 bridgehead atoms. The van der Waals surface area contributed by atoms with Crippen LogP contribution in [0.1, 0.15) is 5.82 Å². The summed E-state index contributed by atoms with van der Waals surface area (Å²) in [7, 11) is 1.74. The first-order valence-electron chi connectivity index (χ1n) is 4.83. The molecule has 0 fully saturated rings. The van der Waals surface area contributed by atoms with Gasteiger partial charge in [-0.15, -0.1) is 0 Å². The maximum atomic E-state index is 9.11. The van der Waals surface area contributed by atoms with Gasteiger partial charge in [0.05, 0.1) is 6.54 Å². The average Bonchev–Trinajstić information content (AvgIpc) is 2.58. The van der Waals surface area contributed by atoms with Crippen molar-refractivity contribution in [1.82, 2.24) is 14.8 Å². The standard InChI is InChI=1S/C10H13N5O/c1-15-10(11)13-9(14-15)6-12-7-2-4-8(16)5-3-7/h2-5,12,16H,6H2,1H3,(H2,11,13,14). The lowest BCUT2D eigenvalue weighted by molar-refractivity contribution is 0.475. The van der Waals surface area contributed by atoms with E-state index < -0.39 is 0 Å². The number of nitrogens with zero attached hydrogens (tertiary/aromatic N) is 3. The van der Waals surface area contributed by atoms with Crippen LogP contribution in [0.4, 0.5) is 11.6 Å². The van der Waals surface area contributed by atoms with E-state index in [-0.39, 0.29) is 5.75 Å². The van der Waals surface area contributed by atoms with E-state index in [2.05, 4.69) is 15.4 Å².